The fourth-order valence-corrected chi connectivity index (χ4v) is 2.14. The first-order valence-electron chi connectivity index (χ1n) is 6.08. The zero-order valence-electron chi connectivity index (χ0n) is 11.0. The maximum atomic E-state index is 11.9. The van der Waals surface area contributed by atoms with Gasteiger partial charge in [-0.05, 0) is 39.5 Å². The van der Waals surface area contributed by atoms with Crippen LogP contribution in [0.15, 0.2) is 12.7 Å². The average Bonchev–Trinajstić information content (AvgIpc) is 2.59. The number of hydrogen-bond donors (Lipinski definition) is 1. The van der Waals surface area contributed by atoms with Gasteiger partial charge in [-0.1, -0.05) is 6.08 Å². The van der Waals surface area contributed by atoms with Crippen LogP contribution in [0.3, 0.4) is 0 Å². The largest absolute Gasteiger partial charge is 0.444 e. The minimum absolute atomic E-state index is 0.00706. The number of hydrogen-bond acceptors (Lipinski definition) is 3. The Kier molecular flexibility index (Phi) is 4.57. The molecule has 1 N–H and O–H groups in total. The molecule has 1 saturated heterocycles. The minimum Gasteiger partial charge on any atom is -0.444 e. The third-order valence-electron chi connectivity index (χ3n) is 2.84. The molecule has 0 saturated carbocycles. The van der Waals surface area contributed by atoms with E-state index >= 15 is 0 Å². The molecule has 0 unspecified atom stereocenters. The van der Waals surface area contributed by atoms with Crippen molar-refractivity contribution in [3.05, 3.63) is 12.7 Å². The quantitative estimate of drug-likeness (QED) is 0.770. The van der Waals surface area contributed by atoms with E-state index in [4.69, 9.17) is 4.74 Å². The van der Waals surface area contributed by atoms with E-state index in [-0.39, 0.29) is 18.7 Å². The number of rotatable bonds is 3. The van der Waals surface area contributed by atoms with Crippen LogP contribution in [0.4, 0.5) is 4.79 Å². The van der Waals surface area contributed by atoms with Crippen molar-refractivity contribution in [3.63, 3.8) is 0 Å². The smallest absolute Gasteiger partial charge is 0.410 e. The molecule has 1 fully saturated rings. The van der Waals surface area contributed by atoms with Gasteiger partial charge in [0, 0.05) is 6.54 Å². The van der Waals surface area contributed by atoms with Gasteiger partial charge < -0.3 is 14.7 Å². The van der Waals surface area contributed by atoms with Crippen LogP contribution in [0.5, 0.6) is 0 Å². The van der Waals surface area contributed by atoms with E-state index in [1.807, 2.05) is 26.8 Å². The lowest BCUT2D eigenvalue weighted by atomic mass is 10.0. The number of carbonyl (C=O) groups is 1. The molecule has 0 aromatic rings. The van der Waals surface area contributed by atoms with Gasteiger partial charge in [-0.25, -0.2) is 4.79 Å². The van der Waals surface area contributed by atoms with Crippen LogP contribution >= 0.6 is 0 Å². The Morgan fingerprint density at radius 3 is 2.71 bits per heavy atom. The number of aliphatic hydroxyl groups is 1. The number of carbonyl (C=O) groups excluding carboxylic acids is 1. The molecule has 0 aliphatic carbocycles. The topological polar surface area (TPSA) is 49.8 Å². The van der Waals surface area contributed by atoms with Gasteiger partial charge in [0.2, 0.25) is 0 Å². The number of allylic oxidation sites excluding steroid dienone is 1. The fraction of sp³-hybridized carbons (Fsp3) is 0.769. The van der Waals surface area contributed by atoms with Crippen LogP contribution in [0, 0.1) is 5.92 Å². The maximum Gasteiger partial charge on any atom is 0.410 e. The molecule has 1 aliphatic rings. The Balaban J connectivity index is 2.62. The number of likely N-dealkylation sites (tertiary alicyclic amines) is 1. The van der Waals surface area contributed by atoms with Crippen molar-refractivity contribution >= 4 is 6.09 Å². The molecule has 4 heteroatoms. The second kappa shape index (κ2) is 5.54. The summed E-state index contributed by atoms with van der Waals surface area (Å²) >= 11 is 0. The van der Waals surface area contributed by atoms with E-state index in [2.05, 4.69) is 6.58 Å². The van der Waals surface area contributed by atoms with Crippen LogP contribution in [0.1, 0.15) is 33.6 Å². The molecule has 1 heterocycles. The molecular formula is C13H23NO3. The summed E-state index contributed by atoms with van der Waals surface area (Å²) in [5.41, 5.74) is -0.492. The summed E-state index contributed by atoms with van der Waals surface area (Å²) in [7, 11) is 0. The zero-order chi connectivity index (χ0) is 13.1. The second-order valence-corrected chi connectivity index (χ2v) is 5.60. The Morgan fingerprint density at radius 1 is 1.59 bits per heavy atom. The summed E-state index contributed by atoms with van der Waals surface area (Å²) in [4.78, 5) is 13.6. The summed E-state index contributed by atoms with van der Waals surface area (Å²) in [6, 6.07) is -0.116. The SMILES string of the molecule is C=CC[C@@H]1C[C@@H](CO)N(C(=O)OC(C)(C)C)C1. The first kappa shape index (κ1) is 14.0. The van der Waals surface area contributed by atoms with Crippen molar-refractivity contribution in [2.24, 2.45) is 5.92 Å². The third-order valence-corrected chi connectivity index (χ3v) is 2.84. The van der Waals surface area contributed by atoms with E-state index in [1.54, 1.807) is 4.90 Å². The van der Waals surface area contributed by atoms with Gasteiger partial charge in [-0.3, -0.25) is 0 Å². The highest BCUT2D eigenvalue weighted by molar-refractivity contribution is 5.69. The Labute approximate surface area is 103 Å². The molecule has 0 aromatic heterocycles. The molecule has 2 atom stereocenters. The zero-order valence-corrected chi connectivity index (χ0v) is 11.0. The Bertz CT molecular complexity index is 283. The van der Waals surface area contributed by atoms with Crippen LogP contribution in [-0.4, -0.2) is 40.9 Å². The maximum absolute atomic E-state index is 11.9. The molecule has 0 aromatic carbocycles. The lowest BCUT2D eigenvalue weighted by Gasteiger charge is -2.27. The number of nitrogens with zero attached hydrogens (tertiary/aromatic N) is 1. The van der Waals surface area contributed by atoms with Gasteiger partial charge in [0.15, 0.2) is 0 Å². The van der Waals surface area contributed by atoms with Gasteiger partial charge in [0.05, 0.1) is 12.6 Å². The van der Waals surface area contributed by atoms with E-state index < -0.39 is 5.60 Å². The van der Waals surface area contributed by atoms with E-state index in [0.717, 1.165) is 12.8 Å². The van der Waals surface area contributed by atoms with Crippen molar-refractivity contribution in [1.82, 2.24) is 4.90 Å². The summed E-state index contributed by atoms with van der Waals surface area (Å²) in [5.74, 6) is 0.386. The van der Waals surface area contributed by atoms with Gasteiger partial charge >= 0.3 is 6.09 Å². The van der Waals surface area contributed by atoms with E-state index in [0.29, 0.717) is 12.5 Å². The highest BCUT2D eigenvalue weighted by atomic mass is 16.6. The van der Waals surface area contributed by atoms with Crippen molar-refractivity contribution < 1.29 is 14.6 Å². The summed E-state index contributed by atoms with van der Waals surface area (Å²) in [6.07, 6.45) is 3.22. The molecule has 17 heavy (non-hydrogen) atoms. The monoisotopic (exact) mass is 241 g/mol. The summed E-state index contributed by atoms with van der Waals surface area (Å²) < 4.78 is 5.33. The van der Waals surface area contributed by atoms with Crippen LogP contribution in [-0.2, 0) is 4.74 Å². The molecule has 1 rings (SSSR count). The number of amides is 1. The number of aliphatic hydroxyl groups excluding tert-OH is 1. The summed E-state index contributed by atoms with van der Waals surface area (Å²) in [6.45, 7) is 9.88. The standard InChI is InChI=1S/C13H23NO3/c1-5-6-10-7-11(9-15)14(8-10)12(16)17-13(2,3)4/h5,10-11,15H,1,6-9H2,2-4H3/t10-,11+/m1/s1. The lowest BCUT2D eigenvalue weighted by molar-refractivity contribution is 0.0172. The van der Waals surface area contributed by atoms with Crippen molar-refractivity contribution in [1.29, 1.82) is 0 Å². The van der Waals surface area contributed by atoms with E-state index in [9.17, 15) is 9.90 Å². The summed E-state index contributed by atoms with van der Waals surface area (Å²) in [5, 5.41) is 9.29. The highest BCUT2D eigenvalue weighted by Crippen LogP contribution is 2.27. The molecule has 0 radical (unpaired) electrons. The predicted octanol–water partition coefficient (Wildman–Crippen LogP) is 2.18. The van der Waals surface area contributed by atoms with Gasteiger partial charge in [-0.2, -0.15) is 0 Å². The van der Waals surface area contributed by atoms with Crippen molar-refractivity contribution in [2.75, 3.05) is 13.2 Å². The van der Waals surface area contributed by atoms with Gasteiger partial charge in [0.1, 0.15) is 5.60 Å². The molecule has 4 nitrogen and oxygen atoms in total. The van der Waals surface area contributed by atoms with Crippen LogP contribution < -0.4 is 0 Å². The first-order chi connectivity index (χ1) is 7.87. The predicted molar refractivity (Wildman–Crippen MR) is 66.7 cm³/mol. The lowest BCUT2D eigenvalue weighted by Crippen LogP contribution is -2.41. The Hall–Kier alpha value is -1.03. The number of ether oxygens (including phenoxy) is 1. The second-order valence-electron chi connectivity index (χ2n) is 5.60. The highest BCUT2D eigenvalue weighted by Gasteiger charge is 2.36. The fourth-order valence-electron chi connectivity index (χ4n) is 2.14. The molecule has 1 amide bonds. The van der Waals surface area contributed by atoms with Gasteiger partial charge in [0.25, 0.3) is 0 Å². The molecule has 1 aliphatic heterocycles. The normalized spacial score (nSPS) is 24.8. The molecule has 0 bridgehead atoms. The van der Waals surface area contributed by atoms with Gasteiger partial charge in [-0.15, -0.1) is 6.58 Å². The van der Waals surface area contributed by atoms with Crippen molar-refractivity contribution in [3.8, 4) is 0 Å². The first-order valence-corrected chi connectivity index (χ1v) is 6.08. The van der Waals surface area contributed by atoms with Crippen LogP contribution in [0.25, 0.3) is 0 Å². The van der Waals surface area contributed by atoms with Crippen molar-refractivity contribution in [2.45, 2.75) is 45.3 Å². The minimum atomic E-state index is -0.492. The van der Waals surface area contributed by atoms with E-state index in [1.165, 1.54) is 0 Å². The Morgan fingerprint density at radius 2 is 2.24 bits per heavy atom. The molecule has 0 spiro atoms. The van der Waals surface area contributed by atoms with Crippen LogP contribution in [0.2, 0.25) is 0 Å². The molecule has 98 valence electrons. The molecular weight excluding hydrogens is 218 g/mol. The average molecular weight is 241 g/mol. The third kappa shape index (κ3) is 4.04.